The van der Waals surface area contributed by atoms with E-state index in [2.05, 4.69) is 13.8 Å². The van der Waals surface area contributed by atoms with Crippen molar-refractivity contribution >= 4 is 5.78 Å². The second-order valence-electron chi connectivity index (χ2n) is 6.48. The zero-order chi connectivity index (χ0) is 13.9. The van der Waals surface area contributed by atoms with E-state index in [1.54, 1.807) is 0 Å². The fourth-order valence-corrected chi connectivity index (χ4v) is 3.38. The van der Waals surface area contributed by atoms with Crippen LogP contribution in [0.4, 0.5) is 0 Å². The molecule has 1 rings (SSSR count). The van der Waals surface area contributed by atoms with Gasteiger partial charge in [0.05, 0.1) is 0 Å². The smallest absolute Gasteiger partial charge is 0.135 e. The number of unbranched alkanes of at least 4 members (excludes halogenated alkanes) is 7. The molecule has 1 heteroatoms. The van der Waals surface area contributed by atoms with Gasteiger partial charge in [-0.1, -0.05) is 71.6 Å². The average Bonchev–Trinajstić information content (AvgIpc) is 2.43. The Balaban J connectivity index is 2.00. The Hall–Kier alpha value is -0.330. The van der Waals surface area contributed by atoms with Gasteiger partial charge in [0.1, 0.15) is 5.78 Å². The molecule has 112 valence electrons. The SMILES string of the molecule is CCCCCCCCCCC1CC(CC)CCC1=O. The molecule has 1 aliphatic rings. The topological polar surface area (TPSA) is 17.1 Å². The first kappa shape index (κ1) is 16.7. The molecule has 1 nitrogen and oxygen atoms in total. The average molecular weight is 266 g/mol. The summed E-state index contributed by atoms with van der Waals surface area (Å²) in [5.41, 5.74) is 0. The molecule has 0 aromatic carbocycles. The number of carbonyl (C=O) groups excluding carboxylic acids is 1. The second kappa shape index (κ2) is 10.5. The van der Waals surface area contributed by atoms with Gasteiger partial charge in [-0.3, -0.25) is 4.79 Å². The van der Waals surface area contributed by atoms with E-state index in [-0.39, 0.29) is 0 Å². The highest BCUT2D eigenvalue weighted by molar-refractivity contribution is 5.81. The molecule has 1 aliphatic carbocycles. The maximum atomic E-state index is 11.9. The van der Waals surface area contributed by atoms with Crippen LogP contribution in [0.15, 0.2) is 0 Å². The molecule has 0 aliphatic heterocycles. The quantitative estimate of drug-likeness (QED) is 0.449. The van der Waals surface area contributed by atoms with Crippen molar-refractivity contribution < 1.29 is 4.79 Å². The van der Waals surface area contributed by atoms with Crippen molar-refractivity contribution in [1.82, 2.24) is 0 Å². The lowest BCUT2D eigenvalue weighted by Crippen LogP contribution is -2.24. The van der Waals surface area contributed by atoms with Crippen LogP contribution in [0.2, 0.25) is 0 Å². The highest BCUT2D eigenvalue weighted by Crippen LogP contribution is 2.31. The molecular weight excluding hydrogens is 232 g/mol. The van der Waals surface area contributed by atoms with Gasteiger partial charge in [0, 0.05) is 12.3 Å². The first-order valence-corrected chi connectivity index (χ1v) is 8.80. The van der Waals surface area contributed by atoms with E-state index in [4.69, 9.17) is 0 Å². The first-order chi connectivity index (χ1) is 9.27. The van der Waals surface area contributed by atoms with Crippen LogP contribution in [0, 0.1) is 11.8 Å². The minimum absolute atomic E-state index is 0.416. The Labute approximate surface area is 120 Å². The van der Waals surface area contributed by atoms with E-state index < -0.39 is 0 Å². The molecule has 0 radical (unpaired) electrons. The minimum atomic E-state index is 0.416. The zero-order valence-electron chi connectivity index (χ0n) is 13.3. The Kier molecular flexibility index (Phi) is 9.20. The third kappa shape index (κ3) is 7.13. The van der Waals surface area contributed by atoms with Crippen molar-refractivity contribution in [1.29, 1.82) is 0 Å². The number of hydrogen-bond donors (Lipinski definition) is 0. The molecule has 0 heterocycles. The van der Waals surface area contributed by atoms with E-state index in [0.29, 0.717) is 11.7 Å². The summed E-state index contributed by atoms with van der Waals surface area (Å²) < 4.78 is 0. The Morgan fingerprint density at radius 2 is 1.58 bits per heavy atom. The number of ketones is 1. The Bertz CT molecular complexity index is 234. The third-order valence-electron chi connectivity index (χ3n) is 4.86. The fourth-order valence-electron chi connectivity index (χ4n) is 3.38. The van der Waals surface area contributed by atoms with Crippen LogP contribution in [0.5, 0.6) is 0 Å². The highest BCUT2D eigenvalue weighted by atomic mass is 16.1. The summed E-state index contributed by atoms with van der Waals surface area (Å²) >= 11 is 0. The third-order valence-corrected chi connectivity index (χ3v) is 4.86. The summed E-state index contributed by atoms with van der Waals surface area (Å²) in [4.78, 5) is 11.9. The number of carbonyl (C=O) groups is 1. The summed E-state index contributed by atoms with van der Waals surface area (Å²) in [6.45, 7) is 4.54. The summed E-state index contributed by atoms with van der Waals surface area (Å²) in [7, 11) is 0. The molecule has 0 saturated heterocycles. The lowest BCUT2D eigenvalue weighted by atomic mass is 9.77. The molecular formula is C18H34O. The van der Waals surface area contributed by atoms with Crippen molar-refractivity contribution in [2.75, 3.05) is 0 Å². The largest absolute Gasteiger partial charge is 0.299 e. The lowest BCUT2D eigenvalue weighted by molar-refractivity contribution is -0.125. The van der Waals surface area contributed by atoms with Gasteiger partial charge in [-0.25, -0.2) is 0 Å². The van der Waals surface area contributed by atoms with E-state index in [1.165, 1.54) is 70.6 Å². The van der Waals surface area contributed by atoms with Crippen LogP contribution in [0.3, 0.4) is 0 Å². The van der Waals surface area contributed by atoms with Crippen molar-refractivity contribution in [3.63, 3.8) is 0 Å². The fraction of sp³-hybridized carbons (Fsp3) is 0.944. The maximum Gasteiger partial charge on any atom is 0.135 e. The van der Waals surface area contributed by atoms with Crippen LogP contribution in [0.1, 0.15) is 97.3 Å². The minimum Gasteiger partial charge on any atom is -0.299 e. The standard InChI is InChI=1S/C18H34O/c1-3-5-6-7-8-9-10-11-12-17-15-16(4-2)13-14-18(17)19/h16-17H,3-15H2,1-2H3. The molecule has 0 N–H and O–H groups in total. The summed E-state index contributed by atoms with van der Waals surface area (Å²) in [5, 5.41) is 0. The summed E-state index contributed by atoms with van der Waals surface area (Å²) in [5.74, 6) is 1.81. The van der Waals surface area contributed by atoms with Gasteiger partial charge in [-0.05, 0) is 25.2 Å². The molecule has 2 atom stereocenters. The van der Waals surface area contributed by atoms with Gasteiger partial charge in [-0.15, -0.1) is 0 Å². The molecule has 19 heavy (non-hydrogen) atoms. The molecule has 0 aromatic heterocycles. The number of hydrogen-bond acceptors (Lipinski definition) is 1. The maximum absolute atomic E-state index is 11.9. The predicted octanol–water partition coefficient (Wildman–Crippen LogP) is 5.91. The van der Waals surface area contributed by atoms with Crippen LogP contribution in [0.25, 0.3) is 0 Å². The first-order valence-electron chi connectivity index (χ1n) is 8.80. The van der Waals surface area contributed by atoms with Crippen molar-refractivity contribution in [3.05, 3.63) is 0 Å². The molecule has 0 aromatic rings. The van der Waals surface area contributed by atoms with Crippen molar-refractivity contribution in [2.45, 2.75) is 97.3 Å². The summed E-state index contributed by atoms with van der Waals surface area (Å²) in [6.07, 6.45) is 16.6. The second-order valence-corrected chi connectivity index (χ2v) is 6.48. The molecule has 1 saturated carbocycles. The summed E-state index contributed by atoms with van der Waals surface area (Å²) in [6, 6.07) is 0. The van der Waals surface area contributed by atoms with Crippen LogP contribution in [-0.4, -0.2) is 5.78 Å². The van der Waals surface area contributed by atoms with Crippen molar-refractivity contribution in [2.24, 2.45) is 11.8 Å². The van der Waals surface area contributed by atoms with Gasteiger partial charge in [0.25, 0.3) is 0 Å². The molecule has 0 amide bonds. The highest BCUT2D eigenvalue weighted by Gasteiger charge is 2.26. The van der Waals surface area contributed by atoms with Crippen LogP contribution < -0.4 is 0 Å². The van der Waals surface area contributed by atoms with E-state index in [1.807, 2.05) is 0 Å². The van der Waals surface area contributed by atoms with Crippen LogP contribution in [-0.2, 0) is 4.79 Å². The lowest BCUT2D eigenvalue weighted by Gasteiger charge is -2.27. The van der Waals surface area contributed by atoms with Gasteiger partial charge in [-0.2, -0.15) is 0 Å². The Morgan fingerprint density at radius 3 is 2.21 bits per heavy atom. The molecule has 1 fully saturated rings. The van der Waals surface area contributed by atoms with Gasteiger partial charge < -0.3 is 0 Å². The predicted molar refractivity (Wildman–Crippen MR) is 83.4 cm³/mol. The number of Topliss-reactive ketones (excluding diaryl/α,β-unsaturated/α-hetero) is 1. The molecule has 2 unspecified atom stereocenters. The van der Waals surface area contributed by atoms with E-state index in [9.17, 15) is 4.79 Å². The zero-order valence-corrected chi connectivity index (χ0v) is 13.3. The van der Waals surface area contributed by atoms with E-state index in [0.717, 1.165) is 18.8 Å². The monoisotopic (exact) mass is 266 g/mol. The van der Waals surface area contributed by atoms with Crippen molar-refractivity contribution in [3.8, 4) is 0 Å². The normalized spacial score (nSPS) is 23.8. The van der Waals surface area contributed by atoms with Crippen LogP contribution >= 0.6 is 0 Å². The van der Waals surface area contributed by atoms with Gasteiger partial charge >= 0.3 is 0 Å². The van der Waals surface area contributed by atoms with Gasteiger partial charge in [0.15, 0.2) is 0 Å². The Morgan fingerprint density at radius 1 is 0.947 bits per heavy atom. The molecule has 0 spiro atoms. The number of rotatable bonds is 10. The molecule has 0 bridgehead atoms. The van der Waals surface area contributed by atoms with E-state index >= 15 is 0 Å². The van der Waals surface area contributed by atoms with Gasteiger partial charge in [0.2, 0.25) is 0 Å².